The number of nitrogens with one attached hydrogen (secondary N) is 6. The van der Waals surface area contributed by atoms with Gasteiger partial charge < -0.3 is 36.6 Å². The molecule has 4 aromatic heterocycles. The van der Waals surface area contributed by atoms with E-state index in [1.165, 1.54) is 45.3 Å². The molecule has 5 heterocycles. The third-order valence-corrected chi connectivity index (χ3v) is 13.7. The second-order valence-electron chi connectivity index (χ2n) is 16.6. The molecule has 2 aromatic carbocycles. The second-order valence-corrected chi connectivity index (χ2v) is 20.1. The van der Waals surface area contributed by atoms with Gasteiger partial charge >= 0.3 is 5.97 Å². The van der Waals surface area contributed by atoms with Crippen LogP contribution in [0.15, 0.2) is 82.3 Å². The van der Waals surface area contributed by atoms with Gasteiger partial charge in [-0.1, -0.05) is 71.9 Å². The maximum Gasteiger partial charge on any atom is 0.324 e. The normalized spacial score (nSPS) is 14.6. The summed E-state index contributed by atoms with van der Waals surface area (Å²) in [6, 6.07) is 12.7. The van der Waals surface area contributed by atoms with Crippen molar-refractivity contribution in [1.29, 1.82) is 0 Å². The molecule has 6 amide bonds. The zero-order chi connectivity index (χ0) is 47.9. The largest absolute Gasteiger partial charge is 0.426 e. The van der Waals surface area contributed by atoms with E-state index < -0.39 is 53.6 Å². The number of rotatable bonds is 17. The SMILES string of the molecule is CC(C)[C@H](NC(=O)c1ccc(-c2csc(NC(=O)[C@@H](NC(=O)c3cccs3)C(C)C)n2)cc1)C(=O)Nc1nc(-c2ccc3c(c2)OC(=O)C(C(=O)N[C@H](C(=O)Nc2nccs2)C(C)C)C3)cs1. The number of thiophene rings is 1. The highest BCUT2D eigenvalue weighted by atomic mass is 32.1. The fourth-order valence-corrected chi connectivity index (χ4v) is 9.52. The monoisotopic (exact) mass is 981 g/mol. The highest BCUT2D eigenvalue weighted by Crippen LogP contribution is 2.34. The summed E-state index contributed by atoms with van der Waals surface area (Å²) in [6.45, 7) is 10.9. The van der Waals surface area contributed by atoms with Crippen molar-refractivity contribution < 1.29 is 38.3 Å². The van der Waals surface area contributed by atoms with Gasteiger partial charge in [-0.2, -0.15) is 0 Å². The Morgan fingerprint density at radius 2 is 1.18 bits per heavy atom. The van der Waals surface area contributed by atoms with Gasteiger partial charge in [-0.05, 0) is 59.4 Å². The fraction of sp³-hybridized carbons (Fsp3) is 0.304. The van der Waals surface area contributed by atoms with E-state index in [2.05, 4.69) is 46.9 Å². The molecule has 4 atom stereocenters. The zero-order valence-electron chi connectivity index (χ0n) is 37.1. The molecule has 0 saturated heterocycles. The number of thiazole rings is 3. The maximum atomic E-state index is 13.6. The van der Waals surface area contributed by atoms with E-state index in [1.807, 2.05) is 27.7 Å². The lowest BCUT2D eigenvalue weighted by Crippen LogP contribution is -2.51. The van der Waals surface area contributed by atoms with Crippen LogP contribution in [0.25, 0.3) is 22.5 Å². The number of nitrogens with zero attached hydrogens (tertiary/aromatic N) is 3. The highest BCUT2D eigenvalue weighted by Gasteiger charge is 2.37. The summed E-state index contributed by atoms with van der Waals surface area (Å²) in [5, 5.41) is 24.7. The van der Waals surface area contributed by atoms with Crippen molar-refractivity contribution in [2.45, 2.75) is 66.1 Å². The smallest absolute Gasteiger partial charge is 0.324 e. The Morgan fingerprint density at radius 3 is 1.73 bits per heavy atom. The summed E-state index contributed by atoms with van der Waals surface area (Å²) in [5.41, 5.74) is 3.33. The van der Waals surface area contributed by atoms with Crippen LogP contribution in [0.5, 0.6) is 5.75 Å². The first kappa shape index (κ1) is 48.3. The average molecular weight is 982 g/mol. The molecule has 0 bridgehead atoms. The topological polar surface area (TPSA) is 240 Å². The molecular formula is C46H47N9O8S4. The summed E-state index contributed by atoms with van der Waals surface area (Å²) in [7, 11) is 0. The number of benzene rings is 2. The standard InChI is InChI=1S/C46H47N9O8S4/c1-22(2)34(50-37(56)26-11-9-25(10-12-26)30-20-66-45(48-30)55-42(61)36(24(5)6)52-39(58)33-8-7-16-64-33)41(60)54-46-49-31(21-67-46)27-13-14-28-18-29(43(62)63-32(28)19-27)38(57)51-35(23(3)4)40(59)53-44-47-15-17-65-44/h7-17,19-24,29,34-36H,18H2,1-6H3,(H,50,56)(H,51,57)(H,52,58)(H,47,53,59)(H,48,55,61)(H,49,54,60)/t29?,34-,35-,36-/m0/s1. The molecule has 67 heavy (non-hydrogen) atoms. The van der Waals surface area contributed by atoms with Crippen LogP contribution in [0.2, 0.25) is 0 Å². The van der Waals surface area contributed by atoms with Crippen LogP contribution in [0.4, 0.5) is 15.4 Å². The quantitative estimate of drug-likeness (QED) is 0.0306. The maximum absolute atomic E-state index is 13.6. The first-order chi connectivity index (χ1) is 32.0. The summed E-state index contributed by atoms with van der Waals surface area (Å²) >= 11 is 4.95. The Morgan fingerprint density at radius 1 is 0.627 bits per heavy atom. The third-order valence-electron chi connectivity index (χ3n) is 10.6. The minimum Gasteiger partial charge on any atom is -0.426 e. The number of anilines is 3. The summed E-state index contributed by atoms with van der Waals surface area (Å²) < 4.78 is 5.62. The van der Waals surface area contributed by atoms with Crippen molar-refractivity contribution >= 4 is 102 Å². The Kier molecular flexibility index (Phi) is 15.3. The van der Waals surface area contributed by atoms with E-state index in [9.17, 15) is 33.6 Å². The number of hydrogen-bond acceptors (Lipinski definition) is 15. The van der Waals surface area contributed by atoms with Crippen molar-refractivity contribution in [3.8, 4) is 28.3 Å². The molecule has 6 N–H and O–H groups in total. The summed E-state index contributed by atoms with van der Waals surface area (Å²) in [6.07, 6.45) is 1.62. The van der Waals surface area contributed by atoms with Crippen molar-refractivity contribution in [3.63, 3.8) is 0 Å². The first-order valence-electron chi connectivity index (χ1n) is 21.2. The minimum atomic E-state index is -1.16. The van der Waals surface area contributed by atoms with Crippen LogP contribution in [0, 0.1) is 23.7 Å². The molecule has 0 spiro atoms. The van der Waals surface area contributed by atoms with Crippen LogP contribution in [-0.2, 0) is 30.4 Å². The van der Waals surface area contributed by atoms with E-state index in [1.54, 1.807) is 96.2 Å². The molecule has 7 rings (SSSR count). The lowest BCUT2D eigenvalue weighted by molar-refractivity contribution is -0.147. The first-order valence-corrected chi connectivity index (χ1v) is 24.7. The van der Waals surface area contributed by atoms with E-state index in [-0.39, 0.29) is 46.9 Å². The number of ether oxygens (including phenoxy) is 1. The molecule has 0 aliphatic carbocycles. The van der Waals surface area contributed by atoms with Gasteiger partial charge in [0.15, 0.2) is 15.4 Å². The van der Waals surface area contributed by atoms with Gasteiger partial charge in [0.25, 0.3) is 11.8 Å². The number of aromatic nitrogens is 3. The van der Waals surface area contributed by atoms with Crippen LogP contribution < -0.4 is 36.6 Å². The van der Waals surface area contributed by atoms with Gasteiger partial charge in [-0.3, -0.25) is 33.6 Å². The molecule has 1 aliphatic heterocycles. The van der Waals surface area contributed by atoms with Crippen molar-refractivity contribution in [2.75, 3.05) is 16.0 Å². The number of carbonyl (C=O) groups excluding carboxylic acids is 7. The Balaban J connectivity index is 0.925. The summed E-state index contributed by atoms with van der Waals surface area (Å²) in [4.78, 5) is 106. The van der Waals surface area contributed by atoms with E-state index in [0.29, 0.717) is 48.8 Å². The molecule has 1 unspecified atom stereocenters. The third kappa shape index (κ3) is 11.8. The molecular weight excluding hydrogens is 935 g/mol. The number of amides is 6. The van der Waals surface area contributed by atoms with Crippen LogP contribution in [0.1, 0.15) is 67.1 Å². The van der Waals surface area contributed by atoms with Crippen molar-refractivity contribution in [2.24, 2.45) is 23.7 Å². The Bertz CT molecular complexity index is 2770. The summed E-state index contributed by atoms with van der Waals surface area (Å²) in [5.74, 6) is -5.07. The van der Waals surface area contributed by atoms with E-state index >= 15 is 0 Å². The molecule has 21 heteroatoms. The Labute approximate surface area is 401 Å². The Hall–Kier alpha value is -6.68. The molecule has 17 nitrogen and oxygen atoms in total. The highest BCUT2D eigenvalue weighted by molar-refractivity contribution is 7.14. The average Bonchev–Trinajstić information content (AvgIpc) is 4.15. The van der Waals surface area contributed by atoms with Crippen molar-refractivity contribution in [1.82, 2.24) is 30.9 Å². The number of hydrogen-bond donors (Lipinski definition) is 6. The zero-order valence-corrected chi connectivity index (χ0v) is 40.3. The van der Waals surface area contributed by atoms with Crippen LogP contribution >= 0.6 is 45.3 Å². The van der Waals surface area contributed by atoms with Gasteiger partial charge in [0, 0.05) is 39.0 Å². The van der Waals surface area contributed by atoms with Gasteiger partial charge in [-0.15, -0.1) is 45.3 Å². The van der Waals surface area contributed by atoms with E-state index in [4.69, 9.17) is 4.74 Å². The van der Waals surface area contributed by atoms with Crippen LogP contribution in [-0.4, -0.2) is 74.5 Å². The molecule has 0 radical (unpaired) electrons. The van der Waals surface area contributed by atoms with Gasteiger partial charge in [0.2, 0.25) is 23.6 Å². The molecule has 0 fully saturated rings. The molecule has 6 aromatic rings. The number of carbonyl (C=O) groups is 7. The van der Waals surface area contributed by atoms with Gasteiger partial charge in [-0.25, -0.2) is 15.0 Å². The van der Waals surface area contributed by atoms with Crippen molar-refractivity contribution in [3.05, 3.63) is 98.3 Å². The lowest BCUT2D eigenvalue weighted by atomic mass is 9.93. The second kappa shape index (κ2) is 21.3. The van der Waals surface area contributed by atoms with Gasteiger partial charge in [0.1, 0.15) is 29.8 Å². The van der Waals surface area contributed by atoms with E-state index in [0.717, 1.165) is 0 Å². The molecule has 1 aliphatic rings. The number of fused-ring (bicyclic) bond motifs is 1. The predicted octanol–water partition coefficient (Wildman–Crippen LogP) is 7.10. The predicted molar refractivity (Wildman–Crippen MR) is 259 cm³/mol. The minimum absolute atomic E-state index is 0.0671. The van der Waals surface area contributed by atoms with Crippen LogP contribution in [0.3, 0.4) is 0 Å². The lowest BCUT2D eigenvalue weighted by Gasteiger charge is -2.26. The molecule has 0 saturated carbocycles. The number of esters is 1. The fourth-order valence-electron chi connectivity index (χ4n) is 6.92. The molecule has 348 valence electrons. The van der Waals surface area contributed by atoms with Gasteiger partial charge in [0.05, 0.1) is 16.3 Å².